The maximum absolute atomic E-state index is 4.98. The van der Waals surface area contributed by atoms with Crippen molar-refractivity contribution in [2.75, 3.05) is 0 Å². The van der Waals surface area contributed by atoms with Crippen LogP contribution in [0.4, 0.5) is 0 Å². The SMILES string of the molecule is Cc1cccc2c1[PH]1(N=C2S)N=C(S)c2cccc(C)c21. The van der Waals surface area contributed by atoms with Gasteiger partial charge in [-0.15, -0.1) is 0 Å². The second-order valence-electron chi connectivity index (χ2n) is 5.54. The van der Waals surface area contributed by atoms with Gasteiger partial charge in [-0.3, -0.25) is 0 Å². The van der Waals surface area contributed by atoms with E-state index in [1.54, 1.807) is 0 Å². The van der Waals surface area contributed by atoms with Gasteiger partial charge in [-0.1, -0.05) is 0 Å². The number of benzene rings is 2. The second-order valence-corrected chi connectivity index (χ2v) is 9.18. The van der Waals surface area contributed by atoms with E-state index in [0.717, 1.165) is 21.2 Å². The van der Waals surface area contributed by atoms with E-state index < -0.39 is 7.56 Å². The minimum absolute atomic E-state index is 0.807. The van der Waals surface area contributed by atoms with Gasteiger partial charge >= 0.3 is 136 Å². The van der Waals surface area contributed by atoms with Crippen molar-refractivity contribution >= 4 is 53.5 Å². The van der Waals surface area contributed by atoms with Crippen LogP contribution in [0.5, 0.6) is 0 Å². The van der Waals surface area contributed by atoms with Crippen molar-refractivity contribution in [3.05, 3.63) is 58.7 Å². The molecule has 1 spiro atoms. The summed E-state index contributed by atoms with van der Waals surface area (Å²) in [6.45, 7) is 4.28. The molecule has 2 nitrogen and oxygen atoms in total. The normalized spacial score (nSPS) is 19.0. The van der Waals surface area contributed by atoms with E-state index >= 15 is 0 Å². The zero-order chi connectivity index (χ0) is 14.8. The molecule has 2 heterocycles. The number of nitrogens with zero attached hydrogens (tertiary/aromatic N) is 2. The molecule has 0 N–H and O–H groups in total. The van der Waals surface area contributed by atoms with Crippen LogP contribution in [0.3, 0.4) is 0 Å². The van der Waals surface area contributed by atoms with E-state index in [1.165, 1.54) is 21.7 Å². The Morgan fingerprint density at radius 3 is 1.62 bits per heavy atom. The molecule has 0 saturated carbocycles. The number of hydrogen-bond acceptors (Lipinski definition) is 2. The van der Waals surface area contributed by atoms with E-state index in [9.17, 15) is 0 Å². The van der Waals surface area contributed by atoms with Crippen molar-refractivity contribution in [3.63, 3.8) is 0 Å². The molecule has 5 heteroatoms. The minimum atomic E-state index is -2.50. The first-order chi connectivity index (χ1) is 10.0. The fourth-order valence-electron chi connectivity index (χ4n) is 3.43. The molecule has 0 aromatic heterocycles. The number of rotatable bonds is 0. The summed E-state index contributed by atoms with van der Waals surface area (Å²) in [6.07, 6.45) is 0. The van der Waals surface area contributed by atoms with Gasteiger partial charge in [0.1, 0.15) is 0 Å². The van der Waals surface area contributed by atoms with Gasteiger partial charge in [0.15, 0.2) is 0 Å². The number of fused-ring (bicyclic) bond motifs is 4. The molecular formula is C16H15N2PS2. The van der Waals surface area contributed by atoms with Crippen LogP contribution >= 0.6 is 32.8 Å². The summed E-state index contributed by atoms with van der Waals surface area (Å²) < 4.78 is 9.97. The van der Waals surface area contributed by atoms with Crippen molar-refractivity contribution in [3.8, 4) is 0 Å². The van der Waals surface area contributed by atoms with Crippen molar-refractivity contribution in [2.24, 2.45) is 9.53 Å². The summed E-state index contributed by atoms with van der Waals surface area (Å²) in [6, 6.07) is 12.6. The molecule has 0 saturated heterocycles. The molecule has 4 rings (SSSR count). The third kappa shape index (κ3) is 1.67. The third-order valence-electron chi connectivity index (χ3n) is 4.26. The average molecular weight is 330 g/mol. The summed E-state index contributed by atoms with van der Waals surface area (Å²) in [7, 11) is -2.50. The van der Waals surface area contributed by atoms with Gasteiger partial charge in [-0.2, -0.15) is 0 Å². The van der Waals surface area contributed by atoms with Crippen molar-refractivity contribution in [2.45, 2.75) is 13.8 Å². The predicted octanol–water partition coefficient (Wildman–Crippen LogP) is 3.21. The molecule has 0 radical (unpaired) electrons. The van der Waals surface area contributed by atoms with Gasteiger partial charge in [0, 0.05) is 0 Å². The maximum atomic E-state index is 4.98. The molecule has 21 heavy (non-hydrogen) atoms. The molecule has 0 unspecified atom stereocenters. The van der Waals surface area contributed by atoms with Crippen LogP contribution in [0.15, 0.2) is 45.9 Å². The van der Waals surface area contributed by atoms with E-state index in [1.807, 2.05) is 0 Å². The van der Waals surface area contributed by atoms with Crippen LogP contribution < -0.4 is 10.6 Å². The van der Waals surface area contributed by atoms with E-state index in [4.69, 9.17) is 9.53 Å². The Bertz CT molecular complexity index is 784. The zero-order valence-electron chi connectivity index (χ0n) is 11.8. The monoisotopic (exact) mass is 330 g/mol. The number of hydrogen-bond donors (Lipinski definition) is 2. The molecule has 2 aromatic carbocycles. The summed E-state index contributed by atoms with van der Waals surface area (Å²) in [5, 5.41) is 4.16. The Kier molecular flexibility index (Phi) is 2.88. The van der Waals surface area contributed by atoms with Crippen LogP contribution in [0.1, 0.15) is 22.3 Å². The third-order valence-corrected chi connectivity index (χ3v) is 9.13. The molecular weight excluding hydrogens is 315 g/mol. The fourth-order valence-corrected chi connectivity index (χ4v) is 8.91. The van der Waals surface area contributed by atoms with Crippen molar-refractivity contribution in [1.82, 2.24) is 0 Å². The molecule has 106 valence electrons. The van der Waals surface area contributed by atoms with E-state index in [0.29, 0.717) is 0 Å². The van der Waals surface area contributed by atoms with Gasteiger partial charge in [0.05, 0.1) is 0 Å². The van der Waals surface area contributed by atoms with Gasteiger partial charge < -0.3 is 0 Å². The Balaban J connectivity index is 2.15. The summed E-state index contributed by atoms with van der Waals surface area (Å²) in [5.74, 6) is 0. The topological polar surface area (TPSA) is 24.7 Å². The Labute approximate surface area is 135 Å². The molecule has 2 aromatic rings. The van der Waals surface area contributed by atoms with Crippen LogP contribution in [-0.2, 0) is 0 Å². The predicted molar refractivity (Wildman–Crippen MR) is 101 cm³/mol. The van der Waals surface area contributed by atoms with Gasteiger partial charge in [-0.05, 0) is 0 Å². The van der Waals surface area contributed by atoms with Crippen LogP contribution in [0.2, 0.25) is 0 Å². The first-order valence-electron chi connectivity index (χ1n) is 6.83. The first kappa shape index (κ1) is 13.6. The molecule has 0 bridgehead atoms. The molecule has 2 aliphatic heterocycles. The average Bonchev–Trinajstić information content (AvgIpc) is 2.88. The van der Waals surface area contributed by atoms with Crippen LogP contribution in [-0.4, -0.2) is 10.1 Å². The quantitative estimate of drug-likeness (QED) is 0.548. The van der Waals surface area contributed by atoms with Crippen molar-refractivity contribution in [1.29, 1.82) is 0 Å². The van der Waals surface area contributed by atoms with Gasteiger partial charge in [0.25, 0.3) is 0 Å². The van der Waals surface area contributed by atoms with E-state index in [2.05, 4.69) is 75.5 Å². The van der Waals surface area contributed by atoms with E-state index in [-0.39, 0.29) is 0 Å². The van der Waals surface area contributed by atoms with Gasteiger partial charge in [-0.25, -0.2) is 0 Å². The summed E-state index contributed by atoms with van der Waals surface area (Å²) in [5.41, 5.74) is 4.75. The molecule has 2 aliphatic rings. The van der Waals surface area contributed by atoms with Crippen molar-refractivity contribution < 1.29 is 0 Å². The zero-order valence-corrected chi connectivity index (χ0v) is 14.5. The standard InChI is InChI=1S/C16H15N2PS2/c1-9-5-3-7-11-13(9)19(17-15(11)20)14-10(2)6-4-8-12(14)16(21)18-19/h3-8,19H,1-2H3,(H,17,20)(H,18,21). The van der Waals surface area contributed by atoms with Crippen LogP contribution in [0.25, 0.3) is 0 Å². The Hall–Kier alpha value is -1.09. The second kappa shape index (κ2) is 4.45. The number of aryl methyl sites for hydroxylation is 2. The molecule has 0 aliphatic carbocycles. The van der Waals surface area contributed by atoms with Crippen LogP contribution in [0, 0.1) is 13.8 Å². The Morgan fingerprint density at radius 2 is 1.19 bits per heavy atom. The molecule has 0 atom stereocenters. The Morgan fingerprint density at radius 1 is 0.762 bits per heavy atom. The van der Waals surface area contributed by atoms with Gasteiger partial charge in [0.2, 0.25) is 0 Å². The fraction of sp³-hybridized carbons (Fsp3) is 0.125. The molecule has 0 fully saturated rings. The summed E-state index contributed by atoms with van der Waals surface area (Å²) in [4.78, 5) is 0. The summed E-state index contributed by atoms with van der Waals surface area (Å²) >= 11 is 9.23. The number of thiol groups is 2. The molecule has 0 amide bonds. The first-order valence-corrected chi connectivity index (χ1v) is 9.62.